The van der Waals surface area contributed by atoms with Crippen molar-refractivity contribution >= 4 is 5.97 Å². The molecule has 5 heteroatoms. The molecule has 2 N–H and O–H groups in total. The van der Waals surface area contributed by atoms with Crippen molar-refractivity contribution in [1.82, 2.24) is 9.78 Å². The summed E-state index contributed by atoms with van der Waals surface area (Å²) in [6.07, 6.45) is 4.18. The Morgan fingerprint density at radius 1 is 1.62 bits per heavy atom. The van der Waals surface area contributed by atoms with Gasteiger partial charge in [-0.05, 0) is 19.3 Å². The maximum absolute atomic E-state index is 10.7. The van der Waals surface area contributed by atoms with E-state index in [1.54, 1.807) is 0 Å². The van der Waals surface area contributed by atoms with Crippen molar-refractivity contribution in [3.8, 4) is 5.75 Å². The molecule has 1 saturated carbocycles. The predicted octanol–water partition coefficient (Wildman–Crippen LogP) is 1.01. The SMILES string of the molecule is O=C(O)c1c(O)cnn1C1CCC1. The average Bonchev–Trinajstić information content (AvgIpc) is 2.28. The van der Waals surface area contributed by atoms with Gasteiger partial charge in [-0.15, -0.1) is 0 Å². The summed E-state index contributed by atoms with van der Waals surface area (Å²) in [5.74, 6) is -1.37. The summed E-state index contributed by atoms with van der Waals surface area (Å²) in [4.78, 5) is 10.7. The molecule has 0 aliphatic heterocycles. The lowest BCUT2D eigenvalue weighted by atomic mass is 9.93. The molecule has 2 rings (SSSR count). The Balaban J connectivity index is 2.38. The van der Waals surface area contributed by atoms with Gasteiger partial charge in [0.1, 0.15) is 0 Å². The second-order valence-electron chi connectivity index (χ2n) is 3.21. The van der Waals surface area contributed by atoms with E-state index in [0.29, 0.717) is 0 Å². The zero-order valence-corrected chi connectivity index (χ0v) is 6.97. The van der Waals surface area contributed by atoms with E-state index in [9.17, 15) is 9.90 Å². The van der Waals surface area contributed by atoms with Crippen LogP contribution in [0, 0.1) is 0 Å². The number of carbonyl (C=O) groups is 1. The highest BCUT2D eigenvalue weighted by Gasteiger charge is 2.27. The van der Waals surface area contributed by atoms with E-state index in [-0.39, 0.29) is 17.5 Å². The van der Waals surface area contributed by atoms with Crippen LogP contribution in [0.2, 0.25) is 0 Å². The van der Waals surface area contributed by atoms with E-state index >= 15 is 0 Å². The minimum atomic E-state index is -1.12. The Morgan fingerprint density at radius 2 is 2.31 bits per heavy atom. The van der Waals surface area contributed by atoms with Crippen molar-refractivity contribution in [3.05, 3.63) is 11.9 Å². The van der Waals surface area contributed by atoms with Gasteiger partial charge in [-0.3, -0.25) is 4.68 Å². The number of hydrogen-bond acceptors (Lipinski definition) is 3. The maximum Gasteiger partial charge on any atom is 0.358 e. The van der Waals surface area contributed by atoms with Gasteiger partial charge in [0, 0.05) is 0 Å². The minimum Gasteiger partial charge on any atom is -0.504 e. The number of rotatable bonds is 2. The third-order valence-corrected chi connectivity index (χ3v) is 2.40. The zero-order chi connectivity index (χ0) is 9.42. The second kappa shape index (κ2) is 2.76. The first-order chi connectivity index (χ1) is 6.20. The number of nitrogens with zero attached hydrogens (tertiary/aromatic N) is 2. The van der Waals surface area contributed by atoms with Gasteiger partial charge < -0.3 is 10.2 Å². The van der Waals surface area contributed by atoms with Gasteiger partial charge in [-0.2, -0.15) is 5.10 Å². The van der Waals surface area contributed by atoms with E-state index in [0.717, 1.165) is 19.3 Å². The molecular formula is C8H10N2O3. The van der Waals surface area contributed by atoms with Crippen LogP contribution >= 0.6 is 0 Å². The van der Waals surface area contributed by atoms with Crippen LogP contribution in [0.25, 0.3) is 0 Å². The van der Waals surface area contributed by atoms with E-state index in [1.807, 2.05) is 0 Å². The standard InChI is InChI=1S/C8H10N2O3/c11-6-4-9-10(5-2-1-3-5)7(6)8(12)13/h4-5,11H,1-3H2,(H,12,13). The quantitative estimate of drug-likeness (QED) is 0.715. The lowest BCUT2D eigenvalue weighted by molar-refractivity contribution is 0.0671. The molecule has 5 nitrogen and oxygen atoms in total. The lowest BCUT2D eigenvalue weighted by Gasteiger charge is -2.26. The molecule has 1 heterocycles. The normalized spacial score (nSPS) is 16.9. The molecule has 1 aliphatic rings. The monoisotopic (exact) mass is 182 g/mol. The predicted molar refractivity (Wildman–Crippen MR) is 43.7 cm³/mol. The summed E-state index contributed by atoms with van der Waals surface area (Å²) >= 11 is 0. The summed E-state index contributed by atoms with van der Waals surface area (Å²) in [6.45, 7) is 0. The molecule has 0 radical (unpaired) electrons. The molecule has 0 saturated heterocycles. The van der Waals surface area contributed by atoms with Crippen LogP contribution in [0.4, 0.5) is 0 Å². The van der Waals surface area contributed by atoms with Crippen molar-refractivity contribution in [2.24, 2.45) is 0 Å². The van der Waals surface area contributed by atoms with Gasteiger partial charge in [-0.25, -0.2) is 4.79 Å². The van der Waals surface area contributed by atoms with Crippen LogP contribution in [0.15, 0.2) is 6.20 Å². The fourth-order valence-electron chi connectivity index (χ4n) is 1.47. The molecule has 0 unspecified atom stereocenters. The molecule has 0 aromatic carbocycles. The molecule has 1 fully saturated rings. The molecular weight excluding hydrogens is 172 g/mol. The van der Waals surface area contributed by atoms with Gasteiger partial charge >= 0.3 is 5.97 Å². The molecule has 1 aromatic rings. The number of aromatic nitrogens is 2. The lowest BCUT2D eigenvalue weighted by Crippen LogP contribution is -2.22. The topological polar surface area (TPSA) is 75.3 Å². The van der Waals surface area contributed by atoms with Crippen molar-refractivity contribution in [2.45, 2.75) is 25.3 Å². The third kappa shape index (κ3) is 1.16. The summed E-state index contributed by atoms with van der Waals surface area (Å²) in [5, 5.41) is 21.8. The largest absolute Gasteiger partial charge is 0.504 e. The summed E-state index contributed by atoms with van der Waals surface area (Å²) < 4.78 is 1.40. The maximum atomic E-state index is 10.7. The third-order valence-electron chi connectivity index (χ3n) is 2.40. The molecule has 0 atom stereocenters. The van der Waals surface area contributed by atoms with Crippen LogP contribution in [0.3, 0.4) is 0 Å². The van der Waals surface area contributed by atoms with Crippen LogP contribution in [-0.4, -0.2) is 26.0 Å². The Bertz CT molecular complexity index is 341. The number of aromatic hydroxyl groups is 1. The van der Waals surface area contributed by atoms with Gasteiger partial charge in [-0.1, -0.05) is 0 Å². The van der Waals surface area contributed by atoms with Crippen LogP contribution in [-0.2, 0) is 0 Å². The fraction of sp³-hybridized carbons (Fsp3) is 0.500. The van der Waals surface area contributed by atoms with Crippen LogP contribution in [0.5, 0.6) is 5.75 Å². The molecule has 1 aliphatic carbocycles. The fourth-order valence-corrected chi connectivity index (χ4v) is 1.47. The van der Waals surface area contributed by atoms with Crippen molar-refractivity contribution in [3.63, 3.8) is 0 Å². The van der Waals surface area contributed by atoms with Crippen molar-refractivity contribution in [2.75, 3.05) is 0 Å². The van der Waals surface area contributed by atoms with Gasteiger partial charge in [0.05, 0.1) is 12.2 Å². The van der Waals surface area contributed by atoms with E-state index in [2.05, 4.69) is 5.10 Å². The molecule has 70 valence electrons. The van der Waals surface area contributed by atoms with Gasteiger partial charge in [0.2, 0.25) is 0 Å². The van der Waals surface area contributed by atoms with Crippen LogP contribution < -0.4 is 0 Å². The Hall–Kier alpha value is -1.52. The van der Waals surface area contributed by atoms with Gasteiger partial charge in [0.25, 0.3) is 0 Å². The molecule has 1 aromatic heterocycles. The molecule has 13 heavy (non-hydrogen) atoms. The van der Waals surface area contributed by atoms with Crippen LogP contribution in [0.1, 0.15) is 35.8 Å². The zero-order valence-electron chi connectivity index (χ0n) is 6.97. The van der Waals surface area contributed by atoms with Gasteiger partial charge in [0.15, 0.2) is 11.4 Å². The first-order valence-electron chi connectivity index (χ1n) is 4.20. The summed E-state index contributed by atoms with van der Waals surface area (Å²) in [6, 6.07) is 0.159. The molecule has 0 bridgehead atoms. The van der Waals surface area contributed by atoms with Crippen molar-refractivity contribution < 1.29 is 15.0 Å². The Morgan fingerprint density at radius 3 is 2.77 bits per heavy atom. The number of carboxylic acids is 1. The molecule has 0 spiro atoms. The number of carboxylic acid groups (broad SMARTS) is 1. The first-order valence-corrected chi connectivity index (χ1v) is 4.20. The highest BCUT2D eigenvalue weighted by molar-refractivity contribution is 5.88. The average molecular weight is 182 g/mol. The Labute approximate surface area is 74.6 Å². The minimum absolute atomic E-state index is 0.0929. The van der Waals surface area contributed by atoms with E-state index in [1.165, 1.54) is 10.9 Å². The highest BCUT2D eigenvalue weighted by Crippen LogP contribution is 2.33. The molecule has 0 amide bonds. The number of hydrogen-bond donors (Lipinski definition) is 2. The summed E-state index contributed by atoms with van der Waals surface area (Å²) in [7, 11) is 0. The van der Waals surface area contributed by atoms with E-state index in [4.69, 9.17) is 5.11 Å². The smallest absolute Gasteiger partial charge is 0.358 e. The highest BCUT2D eigenvalue weighted by atomic mass is 16.4. The first kappa shape index (κ1) is 8.10. The summed E-state index contributed by atoms with van der Waals surface area (Å²) in [5.41, 5.74) is -0.0929. The number of aromatic carboxylic acids is 1. The van der Waals surface area contributed by atoms with Crippen molar-refractivity contribution in [1.29, 1.82) is 0 Å². The Kier molecular flexibility index (Phi) is 1.72. The van der Waals surface area contributed by atoms with E-state index < -0.39 is 5.97 Å². The second-order valence-corrected chi connectivity index (χ2v) is 3.21.